The predicted octanol–water partition coefficient (Wildman–Crippen LogP) is 2.25. The van der Waals surface area contributed by atoms with E-state index in [2.05, 4.69) is 5.32 Å². The Morgan fingerprint density at radius 1 is 1.48 bits per heavy atom. The highest BCUT2D eigenvalue weighted by Crippen LogP contribution is 2.26. The highest BCUT2D eigenvalue weighted by Gasteiger charge is 2.25. The fraction of sp³-hybridized carbons (Fsp3) is 0.214. The molecular weight excluding hydrogens is 294 g/mol. The summed E-state index contributed by atoms with van der Waals surface area (Å²) in [4.78, 5) is 33.8. The maximum Gasteiger partial charge on any atom is 0.344 e. The van der Waals surface area contributed by atoms with Gasteiger partial charge < -0.3 is 9.84 Å². The first kappa shape index (κ1) is 15.1. The molecule has 21 heavy (non-hydrogen) atoms. The van der Waals surface area contributed by atoms with E-state index in [1.165, 1.54) is 0 Å². The van der Waals surface area contributed by atoms with Crippen LogP contribution in [-0.2, 0) is 9.59 Å². The molecule has 1 aromatic carbocycles. The van der Waals surface area contributed by atoms with Gasteiger partial charge in [0.25, 0.3) is 11.1 Å². The van der Waals surface area contributed by atoms with E-state index in [1.54, 1.807) is 37.3 Å². The Kier molecular flexibility index (Phi) is 4.64. The molecule has 1 saturated heterocycles. The number of carboxylic acids is 1. The van der Waals surface area contributed by atoms with Crippen LogP contribution in [0.5, 0.6) is 5.75 Å². The molecule has 0 radical (unpaired) electrons. The van der Waals surface area contributed by atoms with Gasteiger partial charge in [0.2, 0.25) is 0 Å². The Bertz CT molecular complexity index is 626. The third-order valence-corrected chi connectivity index (χ3v) is 3.53. The van der Waals surface area contributed by atoms with Gasteiger partial charge in [-0.05, 0) is 42.0 Å². The Balaban J connectivity index is 2.18. The first-order valence-electron chi connectivity index (χ1n) is 6.24. The number of ether oxygens (including phenoxy) is 1. The van der Waals surface area contributed by atoms with Crippen LogP contribution in [0.2, 0.25) is 0 Å². The molecule has 0 bridgehead atoms. The lowest BCUT2D eigenvalue weighted by Crippen LogP contribution is -2.25. The lowest BCUT2D eigenvalue weighted by Gasteiger charge is -2.13. The average molecular weight is 307 g/mol. The van der Waals surface area contributed by atoms with Crippen molar-refractivity contribution in [2.75, 3.05) is 0 Å². The molecule has 7 heteroatoms. The maximum atomic E-state index is 11.5. The molecule has 0 spiro atoms. The third-order valence-electron chi connectivity index (χ3n) is 2.72. The molecule has 0 aliphatic carbocycles. The van der Waals surface area contributed by atoms with Crippen LogP contribution >= 0.6 is 11.8 Å². The number of carboxylic acid groups (broad SMARTS) is 1. The van der Waals surface area contributed by atoms with Gasteiger partial charge in [-0.1, -0.05) is 19.1 Å². The van der Waals surface area contributed by atoms with Crippen LogP contribution in [0.15, 0.2) is 29.2 Å². The maximum absolute atomic E-state index is 11.5. The van der Waals surface area contributed by atoms with Crippen molar-refractivity contribution in [3.8, 4) is 5.75 Å². The molecule has 2 rings (SSSR count). The molecule has 2 amide bonds. The number of amides is 2. The van der Waals surface area contributed by atoms with Crippen LogP contribution in [0, 0.1) is 0 Å². The van der Waals surface area contributed by atoms with Gasteiger partial charge in [-0.2, -0.15) is 0 Å². The second-order valence-electron chi connectivity index (χ2n) is 4.28. The summed E-state index contributed by atoms with van der Waals surface area (Å²) >= 11 is 0.824. The molecule has 1 fully saturated rings. The van der Waals surface area contributed by atoms with Crippen molar-refractivity contribution in [1.29, 1.82) is 0 Å². The fourth-order valence-electron chi connectivity index (χ4n) is 1.72. The quantitative estimate of drug-likeness (QED) is 0.811. The molecule has 1 unspecified atom stereocenters. The van der Waals surface area contributed by atoms with Gasteiger partial charge in [0.05, 0.1) is 4.91 Å². The van der Waals surface area contributed by atoms with Crippen molar-refractivity contribution in [1.82, 2.24) is 5.32 Å². The van der Waals surface area contributed by atoms with E-state index in [-0.39, 0.29) is 0 Å². The summed E-state index contributed by atoms with van der Waals surface area (Å²) in [6.45, 7) is 1.72. The smallest absolute Gasteiger partial charge is 0.344 e. The lowest BCUT2D eigenvalue weighted by molar-refractivity contribution is -0.145. The highest BCUT2D eigenvalue weighted by molar-refractivity contribution is 8.18. The number of thioether (sulfide) groups is 1. The zero-order valence-corrected chi connectivity index (χ0v) is 12.0. The molecule has 1 heterocycles. The van der Waals surface area contributed by atoms with Crippen molar-refractivity contribution in [3.63, 3.8) is 0 Å². The number of nitrogens with one attached hydrogen (secondary N) is 1. The van der Waals surface area contributed by atoms with Crippen LogP contribution in [0.1, 0.15) is 18.9 Å². The van der Waals surface area contributed by atoms with E-state index in [9.17, 15) is 14.4 Å². The van der Waals surface area contributed by atoms with E-state index < -0.39 is 23.2 Å². The fourth-order valence-corrected chi connectivity index (χ4v) is 2.40. The lowest BCUT2D eigenvalue weighted by atomic mass is 10.2. The van der Waals surface area contributed by atoms with Gasteiger partial charge in [0, 0.05) is 0 Å². The number of rotatable bonds is 5. The first-order valence-corrected chi connectivity index (χ1v) is 7.05. The summed E-state index contributed by atoms with van der Waals surface area (Å²) < 4.78 is 5.38. The van der Waals surface area contributed by atoms with Crippen molar-refractivity contribution in [2.45, 2.75) is 19.4 Å². The predicted molar refractivity (Wildman–Crippen MR) is 77.9 cm³/mol. The number of hydrogen-bond acceptors (Lipinski definition) is 5. The van der Waals surface area contributed by atoms with Crippen molar-refractivity contribution in [3.05, 3.63) is 34.7 Å². The van der Waals surface area contributed by atoms with Crippen molar-refractivity contribution >= 4 is 35.0 Å². The molecule has 1 aliphatic heterocycles. The number of aliphatic carboxylic acids is 1. The molecule has 6 nitrogen and oxygen atoms in total. The third kappa shape index (κ3) is 3.85. The normalized spacial score (nSPS) is 17.7. The standard InChI is InChI=1S/C14H13NO5S/c1-2-10(13(17)18)20-9-5-3-4-8(6-9)7-11-12(16)15-14(19)21-11/h3-7,10H,2H2,1H3,(H,17,18)(H,15,16,19)/b11-7+. The number of carbonyl (C=O) groups excluding carboxylic acids is 2. The van der Waals surface area contributed by atoms with Gasteiger partial charge in [-0.15, -0.1) is 0 Å². The minimum absolute atomic E-state index is 0.294. The molecule has 2 N–H and O–H groups in total. The second-order valence-corrected chi connectivity index (χ2v) is 5.29. The van der Waals surface area contributed by atoms with Crippen LogP contribution in [0.25, 0.3) is 6.08 Å². The minimum atomic E-state index is -1.03. The summed E-state index contributed by atoms with van der Waals surface area (Å²) in [5, 5.41) is 10.7. The minimum Gasteiger partial charge on any atom is -0.479 e. The van der Waals surface area contributed by atoms with E-state index in [4.69, 9.17) is 9.84 Å². The van der Waals surface area contributed by atoms with E-state index in [1.807, 2.05) is 0 Å². The summed E-state index contributed by atoms with van der Waals surface area (Å²) in [5.41, 5.74) is 0.653. The summed E-state index contributed by atoms with van der Waals surface area (Å²) in [6, 6.07) is 6.68. The SMILES string of the molecule is CCC(Oc1cccc(/C=C2/SC(=O)NC2=O)c1)C(=O)O. The van der Waals surface area contributed by atoms with Gasteiger partial charge in [0.15, 0.2) is 6.10 Å². The van der Waals surface area contributed by atoms with Crippen molar-refractivity contribution in [2.24, 2.45) is 0 Å². The Hall–Kier alpha value is -2.28. The van der Waals surface area contributed by atoms with Gasteiger partial charge in [0.1, 0.15) is 5.75 Å². The van der Waals surface area contributed by atoms with Crippen molar-refractivity contribution < 1.29 is 24.2 Å². The van der Waals surface area contributed by atoms with Crippen LogP contribution in [-0.4, -0.2) is 28.3 Å². The number of carbonyl (C=O) groups is 3. The van der Waals surface area contributed by atoms with Gasteiger partial charge >= 0.3 is 5.97 Å². The van der Waals surface area contributed by atoms with E-state index >= 15 is 0 Å². The molecular formula is C14H13NO5S. The van der Waals surface area contributed by atoms with Gasteiger partial charge in [-0.3, -0.25) is 14.9 Å². The number of benzene rings is 1. The summed E-state index contributed by atoms with van der Waals surface area (Å²) in [6.07, 6.45) is 0.978. The molecule has 0 saturated carbocycles. The number of imide groups is 1. The Morgan fingerprint density at radius 3 is 2.81 bits per heavy atom. The largest absolute Gasteiger partial charge is 0.479 e. The zero-order chi connectivity index (χ0) is 15.4. The Labute approximate surface area is 125 Å². The highest BCUT2D eigenvalue weighted by atomic mass is 32.2. The molecule has 1 atom stereocenters. The molecule has 0 aromatic heterocycles. The average Bonchev–Trinajstić information content (AvgIpc) is 2.74. The summed E-state index contributed by atoms with van der Waals surface area (Å²) in [7, 11) is 0. The molecule has 110 valence electrons. The van der Waals surface area contributed by atoms with E-state index in [0.717, 1.165) is 11.8 Å². The van der Waals surface area contributed by atoms with Crippen LogP contribution in [0.4, 0.5) is 4.79 Å². The topological polar surface area (TPSA) is 92.7 Å². The molecule has 1 aromatic rings. The van der Waals surface area contributed by atoms with E-state index in [0.29, 0.717) is 22.6 Å². The summed E-state index contributed by atoms with van der Waals surface area (Å²) in [5.74, 6) is -1.07. The van der Waals surface area contributed by atoms with Crippen LogP contribution < -0.4 is 10.1 Å². The van der Waals surface area contributed by atoms with Gasteiger partial charge in [-0.25, -0.2) is 4.79 Å². The second kappa shape index (κ2) is 6.45. The Morgan fingerprint density at radius 2 is 2.24 bits per heavy atom. The zero-order valence-electron chi connectivity index (χ0n) is 11.2. The first-order chi connectivity index (χ1) is 9.99. The van der Waals surface area contributed by atoms with Crippen LogP contribution in [0.3, 0.4) is 0 Å². The number of hydrogen-bond donors (Lipinski definition) is 2. The monoisotopic (exact) mass is 307 g/mol. The molecule has 1 aliphatic rings.